The molecule has 0 saturated heterocycles. The summed E-state index contributed by atoms with van der Waals surface area (Å²) in [6, 6.07) is 4.29. The standard InChI is InChI=1S/C24H28Cl2N2O4/c1-5-7-8-9-10-32-22-18(25)11-16(12-19(22)26)21(29)20-15(4)17(13-27)23(30)28(24(20)31)14(3)6-2/h11-12,14,31H,5-10H2,1-4H3. The van der Waals surface area contributed by atoms with Crippen LogP contribution in [0.4, 0.5) is 0 Å². The Balaban J connectivity index is 2.50. The Morgan fingerprint density at radius 3 is 2.38 bits per heavy atom. The topological polar surface area (TPSA) is 92.3 Å². The molecule has 1 heterocycles. The average Bonchev–Trinajstić information content (AvgIpc) is 2.74. The fraction of sp³-hybridized carbons (Fsp3) is 0.458. The summed E-state index contributed by atoms with van der Waals surface area (Å²) in [4.78, 5) is 26.0. The average molecular weight is 479 g/mol. The normalized spacial score (nSPS) is 11.8. The quantitative estimate of drug-likeness (QED) is 0.324. The van der Waals surface area contributed by atoms with E-state index in [9.17, 15) is 20.0 Å². The van der Waals surface area contributed by atoms with Gasteiger partial charge in [0.05, 0.1) is 22.2 Å². The summed E-state index contributed by atoms with van der Waals surface area (Å²) in [5, 5.41) is 20.7. The lowest BCUT2D eigenvalue weighted by molar-refractivity contribution is 0.103. The zero-order chi connectivity index (χ0) is 24.0. The van der Waals surface area contributed by atoms with Gasteiger partial charge in [-0.15, -0.1) is 0 Å². The molecule has 0 saturated carbocycles. The lowest BCUT2D eigenvalue weighted by Crippen LogP contribution is -2.28. The first-order chi connectivity index (χ1) is 15.2. The van der Waals surface area contributed by atoms with Crippen molar-refractivity contribution in [3.63, 3.8) is 0 Å². The number of nitriles is 1. The molecule has 1 unspecified atom stereocenters. The van der Waals surface area contributed by atoms with E-state index in [4.69, 9.17) is 27.9 Å². The van der Waals surface area contributed by atoms with Crippen LogP contribution in [0, 0.1) is 18.3 Å². The number of aromatic hydroxyl groups is 1. The monoisotopic (exact) mass is 478 g/mol. The molecule has 2 rings (SSSR count). The largest absolute Gasteiger partial charge is 0.494 e. The lowest BCUT2D eigenvalue weighted by atomic mass is 9.96. The molecule has 0 fully saturated rings. The summed E-state index contributed by atoms with van der Waals surface area (Å²) in [6.45, 7) is 7.61. The van der Waals surface area contributed by atoms with E-state index in [1.54, 1.807) is 6.92 Å². The van der Waals surface area contributed by atoms with Crippen LogP contribution in [0.3, 0.4) is 0 Å². The number of ether oxygens (including phenoxy) is 1. The molecular formula is C24H28Cl2N2O4. The van der Waals surface area contributed by atoms with Crippen LogP contribution in [-0.2, 0) is 0 Å². The number of aromatic nitrogens is 1. The smallest absolute Gasteiger partial charge is 0.271 e. The van der Waals surface area contributed by atoms with Crippen molar-refractivity contribution in [2.24, 2.45) is 0 Å². The molecule has 0 spiro atoms. The van der Waals surface area contributed by atoms with Gasteiger partial charge in [-0.05, 0) is 44.4 Å². The van der Waals surface area contributed by atoms with Gasteiger partial charge in [0.25, 0.3) is 5.56 Å². The summed E-state index contributed by atoms with van der Waals surface area (Å²) in [6.07, 6.45) is 4.65. The van der Waals surface area contributed by atoms with E-state index >= 15 is 0 Å². The Labute approximate surface area is 198 Å². The van der Waals surface area contributed by atoms with Crippen LogP contribution < -0.4 is 10.3 Å². The SMILES string of the molecule is CCCCCCOc1c(Cl)cc(C(=O)c2c(C)c(C#N)c(=O)n(C(C)CC)c2O)cc1Cl. The van der Waals surface area contributed by atoms with E-state index < -0.39 is 23.3 Å². The first-order valence-electron chi connectivity index (χ1n) is 10.7. The van der Waals surface area contributed by atoms with Crippen molar-refractivity contribution >= 4 is 29.0 Å². The van der Waals surface area contributed by atoms with Crippen molar-refractivity contribution < 1.29 is 14.6 Å². The van der Waals surface area contributed by atoms with E-state index in [1.807, 2.05) is 13.0 Å². The molecule has 0 bridgehead atoms. The second-order valence-electron chi connectivity index (χ2n) is 7.75. The summed E-state index contributed by atoms with van der Waals surface area (Å²) in [5.74, 6) is -0.772. The van der Waals surface area contributed by atoms with Crippen molar-refractivity contribution in [2.75, 3.05) is 6.61 Å². The minimum Gasteiger partial charge on any atom is -0.494 e. The molecule has 6 nitrogen and oxygen atoms in total. The lowest BCUT2D eigenvalue weighted by Gasteiger charge is -2.20. The Morgan fingerprint density at radius 2 is 1.84 bits per heavy atom. The van der Waals surface area contributed by atoms with Gasteiger partial charge in [-0.1, -0.05) is 56.3 Å². The van der Waals surface area contributed by atoms with E-state index in [0.717, 1.165) is 30.3 Å². The van der Waals surface area contributed by atoms with Gasteiger partial charge in [-0.25, -0.2) is 0 Å². The summed E-state index contributed by atoms with van der Waals surface area (Å²) >= 11 is 12.7. The van der Waals surface area contributed by atoms with Gasteiger partial charge in [0.1, 0.15) is 11.6 Å². The van der Waals surface area contributed by atoms with Gasteiger partial charge in [0.2, 0.25) is 5.88 Å². The molecule has 172 valence electrons. The van der Waals surface area contributed by atoms with E-state index in [0.29, 0.717) is 18.8 Å². The molecule has 2 aromatic rings. The highest BCUT2D eigenvalue weighted by molar-refractivity contribution is 6.38. The predicted molar refractivity (Wildman–Crippen MR) is 126 cm³/mol. The van der Waals surface area contributed by atoms with Crippen LogP contribution in [0.2, 0.25) is 10.0 Å². The summed E-state index contributed by atoms with van der Waals surface area (Å²) in [7, 11) is 0. The number of pyridine rings is 1. The number of rotatable bonds is 10. The first kappa shape index (κ1) is 25.8. The van der Waals surface area contributed by atoms with Crippen molar-refractivity contribution in [1.82, 2.24) is 4.57 Å². The zero-order valence-corrected chi connectivity index (χ0v) is 20.3. The number of carbonyl (C=O) groups excluding carboxylic acids is 1. The highest BCUT2D eigenvalue weighted by Gasteiger charge is 2.27. The van der Waals surface area contributed by atoms with E-state index in [1.165, 1.54) is 19.1 Å². The predicted octanol–water partition coefficient (Wildman–Crippen LogP) is 6.20. The van der Waals surface area contributed by atoms with Crippen molar-refractivity contribution in [2.45, 2.75) is 65.8 Å². The number of hydrogen-bond donors (Lipinski definition) is 1. The van der Waals surface area contributed by atoms with Gasteiger partial charge < -0.3 is 9.84 Å². The van der Waals surface area contributed by atoms with Crippen LogP contribution >= 0.6 is 23.2 Å². The highest BCUT2D eigenvalue weighted by atomic mass is 35.5. The number of unbranched alkanes of at least 4 members (excludes halogenated alkanes) is 3. The molecule has 0 aliphatic rings. The fourth-order valence-corrected chi connectivity index (χ4v) is 4.06. The van der Waals surface area contributed by atoms with Gasteiger partial charge in [0.15, 0.2) is 11.5 Å². The molecule has 0 radical (unpaired) electrons. The number of hydrogen-bond acceptors (Lipinski definition) is 5. The Hall–Kier alpha value is -2.49. The minimum absolute atomic E-state index is 0.114. The van der Waals surface area contributed by atoms with Crippen LogP contribution in [-0.4, -0.2) is 22.1 Å². The molecule has 8 heteroatoms. The molecule has 32 heavy (non-hydrogen) atoms. The van der Waals surface area contributed by atoms with Crippen LogP contribution in [0.15, 0.2) is 16.9 Å². The van der Waals surface area contributed by atoms with Gasteiger partial charge in [-0.3, -0.25) is 14.2 Å². The number of carbonyl (C=O) groups is 1. The maximum atomic E-state index is 13.3. The van der Waals surface area contributed by atoms with Crippen molar-refractivity contribution in [3.05, 3.63) is 54.8 Å². The maximum absolute atomic E-state index is 13.3. The van der Waals surface area contributed by atoms with Crippen molar-refractivity contribution in [3.8, 4) is 17.7 Å². The Kier molecular flexibility index (Phi) is 9.18. The molecule has 0 amide bonds. The van der Waals surface area contributed by atoms with E-state index in [-0.39, 0.29) is 32.3 Å². The number of ketones is 1. The van der Waals surface area contributed by atoms with Crippen LogP contribution in [0.1, 0.15) is 86.0 Å². The van der Waals surface area contributed by atoms with E-state index in [2.05, 4.69) is 6.92 Å². The number of nitrogens with zero attached hydrogens (tertiary/aromatic N) is 2. The third-order valence-electron chi connectivity index (χ3n) is 5.51. The Bertz CT molecular complexity index is 1080. The molecule has 1 aromatic carbocycles. The molecular weight excluding hydrogens is 451 g/mol. The number of halogens is 2. The third kappa shape index (κ3) is 5.28. The van der Waals surface area contributed by atoms with Crippen LogP contribution in [0.25, 0.3) is 0 Å². The summed E-state index contributed by atoms with van der Waals surface area (Å²) < 4.78 is 6.79. The van der Waals surface area contributed by atoms with Crippen molar-refractivity contribution in [1.29, 1.82) is 5.26 Å². The van der Waals surface area contributed by atoms with Gasteiger partial charge in [-0.2, -0.15) is 5.26 Å². The Morgan fingerprint density at radius 1 is 1.22 bits per heavy atom. The molecule has 1 atom stereocenters. The maximum Gasteiger partial charge on any atom is 0.271 e. The third-order valence-corrected chi connectivity index (χ3v) is 6.07. The minimum atomic E-state index is -0.628. The van der Waals surface area contributed by atoms with Crippen LogP contribution in [0.5, 0.6) is 11.6 Å². The molecule has 0 aliphatic heterocycles. The second-order valence-corrected chi connectivity index (χ2v) is 8.56. The highest BCUT2D eigenvalue weighted by Crippen LogP contribution is 2.36. The van der Waals surface area contributed by atoms with Gasteiger partial charge >= 0.3 is 0 Å². The molecule has 1 aromatic heterocycles. The molecule has 0 aliphatic carbocycles. The molecule has 1 N–H and O–H groups in total. The fourth-order valence-electron chi connectivity index (χ4n) is 3.46. The summed E-state index contributed by atoms with van der Waals surface area (Å²) in [5.41, 5.74) is -0.702. The van der Waals surface area contributed by atoms with Gasteiger partial charge in [0, 0.05) is 11.6 Å². The zero-order valence-electron chi connectivity index (χ0n) is 18.8. The first-order valence-corrected chi connectivity index (χ1v) is 11.5. The second kappa shape index (κ2) is 11.4. The number of benzene rings is 1.